The number of nitrogens with zero attached hydrogens (tertiary/aromatic N) is 3. The van der Waals surface area contributed by atoms with Crippen LogP contribution in [-0.4, -0.2) is 33.4 Å². The molecule has 2 heterocycles. The van der Waals surface area contributed by atoms with E-state index in [1.54, 1.807) is 0 Å². The Kier molecular flexibility index (Phi) is 5.68. The molecule has 0 saturated carbocycles. The van der Waals surface area contributed by atoms with E-state index in [0.717, 1.165) is 6.08 Å². The van der Waals surface area contributed by atoms with E-state index < -0.39 is 22.7 Å². The van der Waals surface area contributed by atoms with Gasteiger partial charge in [0.15, 0.2) is 5.82 Å². The van der Waals surface area contributed by atoms with E-state index >= 15 is 4.39 Å². The van der Waals surface area contributed by atoms with Crippen molar-refractivity contribution < 1.29 is 13.6 Å². The Morgan fingerprint density at radius 2 is 2.03 bits per heavy atom. The van der Waals surface area contributed by atoms with Crippen LogP contribution in [0.2, 0.25) is 10.0 Å². The Bertz CT molecular complexity index is 1330. The van der Waals surface area contributed by atoms with Crippen LogP contribution in [0.1, 0.15) is 12.0 Å². The number of fused-ring (bicyclic) bond motifs is 1. The van der Waals surface area contributed by atoms with Gasteiger partial charge in [-0.2, -0.15) is 0 Å². The standard InChI is InChI=1S/C22H18Cl2F2N4O2/c1-3-17(31)30-7-6-22(10-30,18-15(25)5-4-14(23)19(18)24)28-12-8-13-20(16(26)9-12)27-11-29(2)21(13)32/h3-5,8-9,11,28H,1,6-7,10H2,2H3/t22-/m0/s1. The molecule has 0 aliphatic carbocycles. The molecule has 1 aromatic heterocycles. The Labute approximate surface area is 192 Å². The number of likely N-dealkylation sites (tertiary alicyclic amines) is 1. The second kappa shape index (κ2) is 8.18. The minimum absolute atomic E-state index is 0.00842. The number of amides is 1. The fraction of sp³-hybridized carbons (Fsp3) is 0.227. The van der Waals surface area contributed by atoms with Gasteiger partial charge >= 0.3 is 0 Å². The van der Waals surface area contributed by atoms with E-state index in [1.807, 2.05) is 0 Å². The highest BCUT2D eigenvalue weighted by molar-refractivity contribution is 6.42. The van der Waals surface area contributed by atoms with Crippen molar-refractivity contribution in [2.24, 2.45) is 7.05 Å². The molecule has 3 aromatic rings. The largest absolute Gasteiger partial charge is 0.373 e. The van der Waals surface area contributed by atoms with E-state index in [-0.39, 0.29) is 57.6 Å². The molecular formula is C22H18Cl2F2N4O2. The van der Waals surface area contributed by atoms with Crippen molar-refractivity contribution >= 4 is 45.7 Å². The number of nitrogens with one attached hydrogen (secondary N) is 1. The lowest BCUT2D eigenvalue weighted by Gasteiger charge is -2.33. The molecule has 4 rings (SSSR count). The van der Waals surface area contributed by atoms with Crippen molar-refractivity contribution in [2.75, 3.05) is 18.4 Å². The molecule has 1 saturated heterocycles. The average Bonchev–Trinajstić information content (AvgIpc) is 3.18. The average molecular weight is 479 g/mol. The van der Waals surface area contributed by atoms with Crippen LogP contribution in [0.4, 0.5) is 14.5 Å². The van der Waals surface area contributed by atoms with Crippen LogP contribution in [0.5, 0.6) is 0 Å². The van der Waals surface area contributed by atoms with Gasteiger partial charge in [0.05, 0.1) is 27.3 Å². The molecule has 0 spiro atoms. The van der Waals surface area contributed by atoms with Gasteiger partial charge in [0.25, 0.3) is 5.56 Å². The molecule has 0 unspecified atom stereocenters. The number of aryl methyl sites for hydroxylation is 1. The Morgan fingerprint density at radius 3 is 2.75 bits per heavy atom. The smallest absolute Gasteiger partial charge is 0.261 e. The fourth-order valence-electron chi connectivity index (χ4n) is 4.09. The van der Waals surface area contributed by atoms with Crippen LogP contribution in [-0.2, 0) is 17.4 Å². The minimum Gasteiger partial charge on any atom is -0.373 e. The van der Waals surface area contributed by atoms with Crippen LogP contribution in [0.25, 0.3) is 10.9 Å². The SMILES string of the molecule is C=CC(=O)N1CC[C@@](Nc2cc(F)c3ncn(C)c(=O)c3c2)(c2c(F)ccc(Cl)c2Cl)C1. The molecule has 1 aliphatic rings. The summed E-state index contributed by atoms with van der Waals surface area (Å²) in [6, 6.07) is 5.14. The van der Waals surface area contributed by atoms with Crippen LogP contribution >= 0.6 is 23.2 Å². The van der Waals surface area contributed by atoms with Gasteiger partial charge in [0, 0.05) is 31.4 Å². The van der Waals surface area contributed by atoms with E-state index in [9.17, 15) is 14.0 Å². The van der Waals surface area contributed by atoms with Gasteiger partial charge in [-0.05, 0) is 36.8 Å². The number of aromatic nitrogens is 2. The molecule has 0 bridgehead atoms. The van der Waals surface area contributed by atoms with Gasteiger partial charge < -0.3 is 14.8 Å². The second-order valence-electron chi connectivity index (χ2n) is 7.65. The first-order valence-corrected chi connectivity index (χ1v) is 10.4. The highest BCUT2D eigenvalue weighted by atomic mass is 35.5. The van der Waals surface area contributed by atoms with Gasteiger partial charge in [-0.1, -0.05) is 29.8 Å². The summed E-state index contributed by atoms with van der Waals surface area (Å²) in [6.07, 6.45) is 2.66. The maximum atomic E-state index is 15.0. The molecule has 1 N–H and O–H groups in total. The molecule has 32 heavy (non-hydrogen) atoms. The molecular weight excluding hydrogens is 461 g/mol. The van der Waals surface area contributed by atoms with Crippen LogP contribution in [0.3, 0.4) is 0 Å². The highest BCUT2D eigenvalue weighted by Crippen LogP contribution is 2.43. The summed E-state index contributed by atoms with van der Waals surface area (Å²) in [4.78, 5) is 30.2. The summed E-state index contributed by atoms with van der Waals surface area (Å²) in [6.45, 7) is 3.80. The lowest BCUT2D eigenvalue weighted by atomic mass is 9.87. The molecule has 2 aromatic carbocycles. The minimum atomic E-state index is -1.22. The summed E-state index contributed by atoms with van der Waals surface area (Å²) in [5.74, 6) is -1.68. The van der Waals surface area contributed by atoms with Gasteiger partial charge in [-0.15, -0.1) is 0 Å². The van der Waals surface area contributed by atoms with Crippen molar-refractivity contribution in [3.05, 3.63) is 80.8 Å². The van der Waals surface area contributed by atoms with Gasteiger partial charge in [-0.3, -0.25) is 9.59 Å². The monoisotopic (exact) mass is 478 g/mol. The number of hydrogen-bond donors (Lipinski definition) is 1. The topological polar surface area (TPSA) is 67.2 Å². The highest BCUT2D eigenvalue weighted by Gasteiger charge is 2.44. The summed E-state index contributed by atoms with van der Waals surface area (Å²) < 4.78 is 31.1. The number of anilines is 1. The van der Waals surface area contributed by atoms with Crippen molar-refractivity contribution in [2.45, 2.75) is 12.0 Å². The van der Waals surface area contributed by atoms with Crippen LogP contribution in [0, 0.1) is 11.6 Å². The second-order valence-corrected chi connectivity index (χ2v) is 8.44. The van der Waals surface area contributed by atoms with Gasteiger partial charge in [0.2, 0.25) is 5.91 Å². The molecule has 166 valence electrons. The number of hydrogen-bond acceptors (Lipinski definition) is 4. The first-order chi connectivity index (χ1) is 15.2. The van der Waals surface area contributed by atoms with Crippen molar-refractivity contribution in [3.63, 3.8) is 0 Å². The van der Waals surface area contributed by atoms with Gasteiger partial charge in [0.1, 0.15) is 11.3 Å². The summed E-state index contributed by atoms with van der Waals surface area (Å²) in [7, 11) is 1.51. The van der Waals surface area contributed by atoms with Gasteiger partial charge in [-0.25, -0.2) is 13.8 Å². The molecule has 10 heteroatoms. The number of carbonyl (C=O) groups excluding carboxylic acids is 1. The summed E-state index contributed by atoms with van der Waals surface area (Å²) in [5, 5.41) is 3.33. The van der Waals surface area contributed by atoms with E-state index in [2.05, 4.69) is 16.9 Å². The third kappa shape index (κ3) is 3.63. The predicted molar refractivity (Wildman–Crippen MR) is 120 cm³/mol. The zero-order chi connectivity index (χ0) is 23.2. The van der Waals surface area contributed by atoms with Crippen molar-refractivity contribution in [1.82, 2.24) is 14.5 Å². The van der Waals surface area contributed by atoms with Crippen molar-refractivity contribution in [1.29, 1.82) is 0 Å². The third-order valence-corrected chi connectivity index (χ3v) is 6.44. The van der Waals surface area contributed by atoms with Crippen LogP contribution in [0.15, 0.2) is 48.0 Å². The molecule has 6 nitrogen and oxygen atoms in total. The maximum Gasteiger partial charge on any atom is 0.261 e. The first kappa shape index (κ1) is 22.2. The molecule has 0 radical (unpaired) electrons. The van der Waals surface area contributed by atoms with E-state index in [1.165, 1.54) is 47.1 Å². The quantitative estimate of drug-likeness (QED) is 0.449. The maximum absolute atomic E-state index is 15.0. The molecule has 1 amide bonds. The van der Waals surface area contributed by atoms with Crippen LogP contribution < -0.4 is 10.9 Å². The lowest BCUT2D eigenvalue weighted by molar-refractivity contribution is -0.125. The number of benzene rings is 2. The number of carbonyl (C=O) groups is 1. The Balaban J connectivity index is 1.89. The molecule has 1 aliphatic heterocycles. The summed E-state index contributed by atoms with van der Waals surface area (Å²) >= 11 is 12.6. The van der Waals surface area contributed by atoms with E-state index in [4.69, 9.17) is 23.2 Å². The third-order valence-electron chi connectivity index (χ3n) is 5.64. The normalized spacial score (nSPS) is 18.2. The zero-order valence-corrected chi connectivity index (χ0v) is 18.5. The summed E-state index contributed by atoms with van der Waals surface area (Å²) in [5.41, 5.74) is -1.46. The zero-order valence-electron chi connectivity index (χ0n) is 17.0. The van der Waals surface area contributed by atoms with Crippen molar-refractivity contribution in [3.8, 4) is 0 Å². The first-order valence-electron chi connectivity index (χ1n) is 9.65. The number of rotatable bonds is 4. The molecule has 1 fully saturated rings. The van der Waals surface area contributed by atoms with E-state index in [0.29, 0.717) is 0 Å². The fourth-order valence-corrected chi connectivity index (χ4v) is 4.58. The lowest BCUT2D eigenvalue weighted by Crippen LogP contribution is -2.41. The Hall–Kier alpha value is -2.97. The Morgan fingerprint density at radius 1 is 1.28 bits per heavy atom. The predicted octanol–water partition coefficient (Wildman–Crippen LogP) is 4.24. The molecule has 1 atom stereocenters. The number of halogens is 4.